The summed E-state index contributed by atoms with van der Waals surface area (Å²) in [7, 11) is 0. The number of aromatic nitrogens is 2. The Morgan fingerprint density at radius 1 is 1.03 bits per heavy atom. The van der Waals surface area contributed by atoms with Gasteiger partial charge in [0.2, 0.25) is 5.95 Å². The van der Waals surface area contributed by atoms with Crippen LogP contribution in [-0.4, -0.2) is 39.9 Å². The monoisotopic (exact) mass is 410 g/mol. The van der Waals surface area contributed by atoms with Crippen LogP contribution in [0.5, 0.6) is 0 Å². The van der Waals surface area contributed by atoms with Gasteiger partial charge in [-0.15, -0.1) is 0 Å². The van der Waals surface area contributed by atoms with Gasteiger partial charge in [-0.3, -0.25) is 4.79 Å². The largest absolute Gasteiger partial charge is 0.351 e. The molecule has 0 unspecified atom stereocenters. The molecule has 3 aromatic rings. The number of amides is 1. The molecule has 4 rings (SSSR count). The van der Waals surface area contributed by atoms with Crippen LogP contribution >= 0.6 is 11.6 Å². The molecule has 1 fully saturated rings. The van der Waals surface area contributed by atoms with E-state index in [0.717, 1.165) is 24.1 Å². The maximum absolute atomic E-state index is 13.1. The summed E-state index contributed by atoms with van der Waals surface area (Å²) in [6.45, 7) is 1.26. The molecule has 5 nitrogen and oxygen atoms in total. The highest BCUT2D eigenvalue weighted by atomic mass is 35.5. The zero-order valence-corrected chi connectivity index (χ0v) is 16.4. The first-order valence-corrected chi connectivity index (χ1v) is 9.87. The Labute approximate surface area is 173 Å². The number of anilines is 1. The van der Waals surface area contributed by atoms with Crippen molar-refractivity contribution in [2.24, 2.45) is 0 Å². The minimum atomic E-state index is -0.342. The molecule has 0 saturated carbocycles. The molecular formula is C22H20ClFN4O. The summed E-state index contributed by atoms with van der Waals surface area (Å²) in [5, 5.41) is 4.06. The summed E-state index contributed by atoms with van der Waals surface area (Å²) in [5.74, 6) is 0.162. The molecule has 1 N–H and O–H groups in total. The van der Waals surface area contributed by atoms with E-state index >= 15 is 0 Å². The molecule has 1 aliphatic heterocycles. The first-order valence-electron chi connectivity index (χ1n) is 9.49. The first-order chi connectivity index (χ1) is 14.1. The average molecular weight is 411 g/mol. The molecule has 1 aliphatic rings. The van der Waals surface area contributed by atoms with E-state index in [2.05, 4.69) is 15.3 Å². The Morgan fingerprint density at radius 3 is 2.41 bits per heavy atom. The normalized spacial score (nSPS) is 14.6. The van der Waals surface area contributed by atoms with E-state index in [-0.39, 0.29) is 17.8 Å². The van der Waals surface area contributed by atoms with Crippen molar-refractivity contribution in [1.82, 2.24) is 14.9 Å². The highest BCUT2D eigenvalue weighted by Gasteiger charge is 2.24. The van der Waals surface area contributed by atoms with Gasteiger partial charge in [0.05, 0.1) is 5.69 Å². The van der Waals surface area contributed by atoms with E-state index in [1.165, 1.54) is 24.3 Å². The predicted octanol–water partition coefficient (Wildman–Crippen LogP) is 4.65. The van der Waals surface area contributed by atoms with Crippen molar-refractivity contribution < 1.29 is 9.18 Å². The molecule has 1 amide bonds. The second-order valence-corrected chi connectivity index (χ2v) is 7.43. The molecular weight excluding hydrogens is 391 g/mol. The first kappa shape index (κ1) is 19.3. The Kier molecular flexibility index (Phi) is 5.71. The summed E-state index contributed by atoms with van der Waals surface area (Å²) < 4.78 is 13.1. The van der Waals surface area contributed by atoms with Crippen molar-refractivity contribution in [3.8, 4) is 11.3 Å². The maximum Gasteiger partial charge on any atom is 0.253 e. The lowest BCUT2D eigenvalue weighted by atomic mass is 10.0. The van der Waals surface area contributed by atoms with Crippen LogP contribution in [0.2, 0.25) is 5.02 Å². The third-order valence-electron chi connectivity index (χ3n) is 5.00. The third-order valence-corrected chi connectivity index (χ3v) is 5.25. The Balaban J connectivity index is 1.36. The van der Waals surface area contributed by atoms with Crippen LogP contribution in [0, 0.1) is 5.82 Å². The van der Waals surface area contributed by atoms with Crippen molar-refractivity contribution in [3.63, 3.8) is 0 Å². The van der Waals surface area contributed by atoms with Gasteiger partial charge in [0, 0.05) is 41.5 Å². The van der Waals surface area contributed by atoms with Crippen LogP contribution in [0.25, 0.3) is 11.3 Å². The van der Waals surface area contributed by atoms with Gasteiger partial charge in [-0.1, -0.05) is 23.7 Å². The summed E-state index contributed by atoms with van der Waals surface area (Å²) >= 11 is 5.95. The zero-order chi connectivity index (χ0) is 20.2. The van der Waals surface area contributed by atoms with Crippen molar-refractivity contribution >= 4 is 23.5 Å². The number of carbonyl (C=O) groups is 1. The van der Waals surface area contributed by atoms with Gasteiger partial charge in [-0.25, -0.2) is 14.4 Å². The molecule has 2 aromatic carbocycles. The molecule has 0 aliphatic carbocycles. The minimum Gasteiger partial charge on any atom is -0.351 e. The fraction of sp³-hybridized carbons (Fsp3) is 0.227. The SMILES string of the molecule is O=C(c1ccc(F)cc1)N1CCC(Nc2nccc(-c3ccc(Cl)cc3)n2)CC1. The number of nitrogens with zero attached hydrogens (tertiary/aromatic N) is 3. The maximum atomic E-state index is 13.1. The number of halogens is 2. The second kappa shape index (κ2) is 8.57. The Bertz CT molecular complexity index is 986. The lowest BCUT2D eigenvalue weighted by Gasteiger charge is -2.32. The summed E-state index contributed by atoms with van der Waals surface area (Å²) in [6, 6.07) is 15.2. The van der Waals surface area contributed by atoms with Gasteiger partial charge in [0.25, 0.3) is 5.91 Å². The molecule has 2 heterocycles. The van der Waals surface area contributed by atoms with Gasteiger partial charge in [-0.2, -0.15) is 0 Å². The number of nitrogens with one attached hydrogen (secondary N) is 1. The highest BCUT2D eigenvalue weighted by Crippen LogP contribution is 2.22. The molecule has 7 heteroatoms. The molecule has 0 atom stereocenters. The minimum absolute atomic E-state index is 0.0653. The molecule has 1 saturated heterocycles. The van der Waals surface area contributed by atoms with Crippen LogP contribution in [0.1, 0.15) is 23.2 Å². The van der Waals surface area contributed by atoms with E-state index in [1.807, 2.05) is 30.3 Å². The van der Waals surface area contributed by atoms with Crippen molar-refractivity contribution in [2.75, 3.05) is 18.4 Å². The summed E-state index contributed by atoms with van der Waals surface area (Å²) in [6.07, 6.45) is 3.31. The smallest absolute Gasteiger partial charge is 0.253 e. The van der Waals surface area contributed by atoms with E-state index in [0.29, 0.717) is 29.6 Å². The molecule has 148 valence electrons. The van der Waals surface area contributed by atoms with Gasteiger partial charge in [-0.05, 0) is 55.3 Å². The number of benzene rings is 2. The number of carbonyl (C=O) groups excluding carboxylic acids is 1. The number of piperidine rings is 1. The van der Waals surface area contributed by atoms with Crippen LogP contribution in [0.15, 0.2) is 60.8 Å². The lowest BCUT2D eigenvalue weighted by Crippen LogP contribution is -2.42. The molecule has 0 spiro atoms. The average Bonchev–Trinajstić information content (AvgIpc) is 2.75. The number of hydrogen-bond donors (Lipinski definition) is 1. The molecule has 29 heavy (non-hydrogen) atoms. The number of rotatable bonds is 4. The lowest BCUT2D eigenvalue weighted by molar-refractivity contribution is 0.0718. The van der Waals surface area contributed by atoms with Crippen molar-refractivity contribution in [1.29, 1.82) is 0 Å². The fourth-order valence-corrected chi connectivity index (χ4v) is 3.52. The van der Waals surface area contributed by atoms with Crippen molar-refractivity contribution in [2.45, 2.75) is 18.9 Å². The molecule has 0 bridgehead atoms. The summed E-state index contributed by atoms with van der Waals surface area (Å²) in [5.41, 5.74) is 2.31. The van der Waals surface area contributed by atoms with Crippen LogP contribution < -0.4 is 5.32 Å². The van der Waals surface area contributed by atoms with Crippen LogP contribution in [-0.2, 0) is 0 Å². The van der Waals surface area contributed by atoms with E-state index in [4.69, 9.17) is 11.6 Å². The fourth-order valence-electron chi connectivity index (χ4n) is 3.39. The summed E-state index contributed by atoms with van der Waals surface area (Å²) in [4.78, 5) is 23.3. The number of hydrogen-bond acceptors (Lipinski definition) is 4. The Hall–Kier alpha value is -2.99. The highest BCUT2D eigenvalue weighted by molar-refractivity contribution is 6.30. The second-order valence-electron chi connectivity index (χ2n) is 6.99. The zero-order valence-electron chi connectivity index (χ0n) is 15.7. The van der Waals surface area contributed by atoms with Gasteiger partial charge >= 0.3 is 0 Å². The molecule has 0 radical (unpaired) electrons. The van der Waals surface area contributed by atoms with E-state index < -0.39 is 0 Å². The van der Waals surface area contributed by atoms with Crippen LogP contribution in [0.4, 0.5) is 10.3 Å². The van der Waals surface area contributed by atoms with Crippen molar-refractivity contribution in [3.05, 3.63) is 77.2 Å². The molecule has 1 aromatic heterocycles. The number of likely N-dealkylation sites (tertiary alicyclic amines) is 1. The van der Waals surface area contributed by atoms with Crippen LogP contribution in [0.3, 0.4) is 0 Å². The Morgan fingerprint density at radius 2 is 1.72 bits per heavy atom. The van der Waals surface area contributed by atoms with Gasteiger partial charge in [0.15, 0.2) is 0 Å². The van der Waals surface area contributed by atoms with Gasteiger partial charge < -0.3 is 10.2 Å². The quantitative estimate of drug-likeness (QED) is 0.680. The van der Waals surface area contributed by atoms with E-state index in [1.54, 1.807) is 11.1 Å². The third kappa shape index (κ3) is 4.71. The predicted molar refractivity (Wildman–Crippen MR) is 111 cm³/mol. The standard InChI is InChI=1S/C22H20ClFN4O/c23-17-5-1-15(2-6-17)20-9-12-25-22(27-20)26-19-10-13-28(14-11-19)21(29)16-3-7-18(24)8-4-16/h1-9,12,19H,10-11,13-14H2,(H,25,26,27). The van der Waals surface area contributed by atoms with Gasteiger partial charge in [0.1, 0.15) is 5.82 Å². The van der Waals surface area contributed by atoms with E-state index in [9.17, 15) is 9.18 Å². The topological polar surface area (TPSA) is 58.1 Å².